The summed E-state index contributed by atoms with van der Waals surface area (Å²) in [4.78, 5) is 0. The molecule has 16 heavy (non-hydrogen) atoms. The van der Waals surface area contributed by atoms with Crippen molar-refractivity contribution in [3.8, 4) is 11.8 Å². The van der Waals surface area contributed by atoms with Crippen molar-refractivity contribution in [2.24, 2.45) is 0 Å². The van der Waals surface area contributed by atoms with Gasteiger partial charge >= 0.3 is 0 Å². The topological polar surface area (TPSA) is 67.6 Å². The Hall–Kier alpha value is -2.28. The molecule has 1 aromatic carbocycles. The lowest BCUT2D eigenvalue weighted by Gasteiger charge is -2.05. The van der Waals surface area contributed by atoms with Crippen LogP contribution in [0.15, 0.2) is 30.6 Å². The van der Waals surface area contributed by atoms with Crippen molar-refractivity contribution in [3.63, 3.8) is 0 Å². The van der Waals surface area contributed by atoms with Gasteiger partial charge in [-0.15, -0.1) is 0 Å². The fraction of sp³-hybridized carbons (Fsp3) is 0.167. The summed E-state index contributed by atoms with van der Waals surface area (Å²) < 4.78 is 1.77. The van der Waals surface area contributed by atoms with Crippen LogP contribution in [0.25, 0.3) is 5.69 Å². The lowest BCUT2D eigenvalue weighted by Crippen LogP contribution is -1.99. The maximum absolute atomic E-state index is 8.68. The molecule has 0 atom stereocenters. The van der Waals surface area contributed by atoms with Crippen LogP contribution in [0, 0.1) is 18.3 Å². The highest BCUT2D eigenvalue weighted by atomic mass is 15.3. The lowest BCUT2D eigenvalue weighted by molar-refractivity contribution is 0.878. The minimum Gasteiger partial charge on any atom is -0.398 e. The van der Waals surface area contributed by atoms with Gasteiger partial charge in [0.15, 0.2) is 0 Å². The zero-order valence-corrected chi connectivity index (χ0v) is 9.01. The third-order valence-corrected chi connectivity index (χ3v) is 2.37. The van der Waals surface area contributed by atoms with Gasteiger partial charge in [-0.1, -0.05) is 0 Å². The van der Waals surface area contributed by atoms with Crippen LogP contribution in [0.1, 0.15) is 11.1 Å². The van der Waals surface area contributed by atoms with Crippen molar-refractivity contribution in [1.29, 1.82) is 5.26 Å². The van der Waals surface area contributed by atoms with Gasteiger partial charge in [-0.2, -0.15) is 10.4 Å². The summed E-state index contributed by atoms with van der Waals surface area (Å²) in [6.07, 6.45) is 4.04. The third-order valence-electron chi connectivity index (χ3n) is 2.37. The van der Waals surface area contributed by atoms with Crippen LogP contribution in [0.5, 0.6) is 0 Å². The molecule has 0 saturated carbocycles. The van der Waals surface area contributed by atoms with Crippen LogP contribution in [-0.2, 0) is 6.42 Å². The zero-order valence-electron chi connectivity index (χ0n) is 9.01. The molecule has 1 aromatic heterocycles. The Kier molecular flexibility index (Phi) is 2.61. The summed E-state index contributed by atoms with van der Waals surface area (Å²) in [6.45, 7) is 1.98. The third kappa shape index (κ3) is 1.89. The molecule has 0 aliphatic heterocycles. The molecule has 4 nitrogen and oxygen atoms in total. The van der Waals surface area contributed by atoms with Gasteiger partial charge in [-0.05, 0) is 36.2 Å². The van der Waals surface area contributed by atoms with Crippen LogP contribution in [0.4, 0.5) is 5.69 Å². The summed E-state index contributed by atoms with van der Waals surface area (Å²) in [5, 5.41) is 12.9. The Labute approximate surface area is 93.9 Å². The van der Waals surface area contributed by atoms with Gasteiger partial charge in [-0.3, -0.25) is 0 Å². The number of aromatic nitrogens is 2. The number of benzene rings is 1. The fourth-order valence-corrected chi connectivity index (χ4v) is 1.53. The largest absolute Gasteiger partial charge is 0.398 e. The van der Waals surface area contributed by atoms with E-state index in [4.69, 9.17) is 11.0 Å². The van der Waals surface area contributed by atoms with E-state index in [9.17, 15) is 0 Å². The molecule has 0 unspecified atom stereocenters. The van der Waals surface area contributed by atoms with Crippen molar-refractivity contribution in [1.82, 2.24) is 9.78 Å². The van der Waals surface area contributed by atoms with Gasteiger partial charge in [0, 0.05) is 11.9 Å². The van der Waals surface area contributed by atoms with Crippen molar-refractivity contribution in [3.05, 3.63) is 41.7 Å². The first kappa shape index (κ1) is 10.2. The van der Waals surface area contributed by atoms with Gasteiger partial charge in [0.1, 0.15) is 0 Å². The van der Waals surface area contributed by atoms with E-state index in [2.05, 4.69) is 11.2 Å². The highest BCUT2D eigenvalue weighted by Crippen LogP contribution is 2.17. The quantitative estimate of drug-likeness (QED) is 0.772. The van der Waals surface area contributed by atoms with Crippen molar-refractivity contribution >= 4 is 5.69 Å². The molecule has 0 radical (unpaired) electrons. The van der Waals surface area contributed by atoms with E-state index in [1.54, 1.807) is 16.9 Å². The second-order valence-electron chi connectivity index (χ2n) is 3.68. The normalized spacial score (nSPS) is 10.0. The summed E-state index contributed by atoms with van der Waals surface area (Å²) in [5.41, 5.74) is 9.29. The predicted molar refractivity (Wildman–Crippen MR) is 62.0 cm³/mol. The molecule has 1 heterocycles. The lowest BCUT2D eigenvalue weighted by atomic mass is 10.1. The number of hydrogen-bond donors (Lipinski definition) is 1. The van der Waals surface area contributed by atoms with Gasteiger partial charge in [0.2, 0.25) is 0 Å². The highest BCUT2D eigenvalue weighted by molar-refractivity contribution is 5.53. The molecule has 4 heteroatoms. The number of rotatable bonds is 2. The number of aryl methyl sites for hydroxylation is 1. The van der Waals surface area contributed by atoms with Crippen LogP contribution < -0.4 is 5.73 Å². The van der Waals surface area contributed by atoms with E-state index in [0.717, 1.165) is 16.8 Å². The van der Waals surface area contributed by atoms with Crippen LogP contribution in [-0.4, -0.2) is 9.78 Å². The molecule has 2 aromatic rings. The molecule has 0 spiro atoms. The first-order valence-corrected chi connectivity index (χ1v) is 4.97. The Balaban J connectivity index is 2.43. The number of anilines is 1. The second kappa shape index (κ2) is 4.07. The first-order chi connectivity index (χ1) is 7.70. The van der Waals surface area contributed by atoms with Crippen molar-refractivity contribution < 1.29 is 0 Å². The minimum atomic E-state index is 0.319. The van der Waals surface area contributed by atoms with E-state index in [0.29, 0.717) is 12.1 Å². The van der Waals surface area contributed by atoms with Crippen LogP contribution in [0.3, 0.4) is 0 Å². The average molecular weight is 212 g/mol. The summed E-state index contributed by atoms with van der Waals surface area (Å²) in [5.74, 6) is 0. The number of nitriles is 1. The molecule has 0 saturated heterocycles. The Morgan fingerprint density at radius 1 is 1.50 bits per heavy atom. The Morgan fingerprint density at radius 3 is 2.94 bits per heavy atom. The zero-order chi connectivity index (χ0) is 11.5. The molecule has 0 bridgehead atoms. The fourth-order valence-electron chi connectivity index (χ4n) is 1.53. The highest BCUT2D eigenvalue weighted by Gasteiger charge is 2.03. The molecule has 0 aliphatic rings. The SMILES string of the molecule is Cc1cnn(-c2ccc(N)c(CC#N)c2)c1. The smallest absolute Gasteiger partial charge is 0.0670 e. The van der Waals surface area contributed by atoms with E-state index < -0.39 is 0 Å². The van der Waals surface area contributed by atoms with E-state index in [1.807, 2.05) is 25.3 Å². The molecule has 2 N–H and O–H groups in total. The van der Waals surface area contributed by atoms with Crippen LogP contribution in [0.2, 0.25) is 0 Å². The van der Waals surface area contributed by atoms with E-state index in [1.165, 1.54) is 0 Å². The molecule has 80 valence electrons. The van der Waals surface area contributed by atoms with Crippen molar-refractivity contribution in [2.45, 2.75) is 13.3 Å². The standard InChI is InChI=1S/C12H12N4/c1-9-7-15-16(8-9)11-2-3-12(14)10(6-11)4-5-13/h2-3,6-8H,4,14H2,1H3. The van der Waals surface area contributed by atoms with Gasteiger partial charge < -0.3 is 5.73 Å². The molecule has 0 amide bonds. The molecule has 0 aliphatic carbocycles. The Bertz CT molecular complexity index is 548. The molecular weight excluding hydrogens is 200 g/mol. The number of nitrogens with zero attached hydrogens (tertiary/aromatic N) is 3. The maximum atomic E-state index is 8.68. The van der Waals surface area contributed by atoms with Crippen molar-refractivity contribution in [2.75, 3.05) is 5.73 Å². The van der Waals surface area contributed by atoms with E-state index in [-0.39, 0.29) is 0 Å². The minimum absolute atomic E-state index is 0.319. The molecule has 2 rings (SSSR count). The summed E-state index contributed by atoms with van der Waals surface area (Å²) in [6, 6.07) is 7.69. The first-order valence-electron chi connectivity index (χ1n) is 4.97. The second-order valence-corrected chi connectivity index (χ2v) is 3.68. The van der Waals surface area contributed by atoms with Gasteiger partial charge in [0.25, 0.3) is 0 Å². The summed E-state index contributed by atoms with van der Waals surface area (Å²) >= 11 is 0. The van der Waals surface area contributed by atoms with E-state index >= 15 is 0 Å². The van der Waals surface area contributed by atoms with Crippen LogP contribution >= 0.6 is 0 Å². The summed E-state index contributed by atoms with van der Waals surface area (Å²) in [7, 11) is 0. The average Bonchev–Trinajstić information content (AvgIpc) is 2.69. The maximum Gasteiger partial charge on any atom is 0.0670 e. The number of nitrogen functional groups attached to an aromatic ring is 1. The number of nitrogens with two attached hydrogens (primary N) is 1. The van der Waals surface area contributed by atoms with Gasteiger partial charge in [-0.25, -0.2) is 4.68 Å². The number of hydrogen-bond acceptors (Lipinski definition) is 3. The Morgan fingerprint density at radius 2 is 2.31 bits per heavy atom. The predicted octanol–water partition coefficient (Wildman–Crippen LogP) is 1.83. The monoisotopic (exact) mass is 212 g/mol. The molecule has 0 fully saturated rings. The molecular formula is C12H12N4. The van der Waals surface area contributed by atoms with Gasteiger partial charge in [0.05, 0.1) is 24.4 Å².